The van der Waals surface area contributed by atoms with Gasteiger partial charge in [0.05, 0.1) is 0 Å². The maximum absolute atomic E-state index is 12.2. The summed E-state index contributed by atoms with van der Waals surface area (Å²) in [5.74, 6) is 0.615. The maximum atomic E-state index is 12.2. The molecular weight excluding hydrogens is 240 g/mol. The fraction of sp³-hybridized carbons (Fsp3) is 0.467. The monoisotopic (exact) mass is 258 g/mol. The number of amides is 2. The van der Waals surface area contributed by atoms with Crippen LogP contribution in [0.5, 0.6) is 0 Å². The second-order valence-electron chi connectivity index (χ2n) is 5.35. The van der Waals surface area contributed by atoms with Crippen molar-refractivity contribution in [1.82, 2.24) is 10.2 Å². The minimum absolute atomic E-state index is 0.0995. The number of benzene rings is 1. The summed E-state index contributed by atoms with van der Waals surface area (Å²) >= 11 is 0. The summed E-state index contributed by atoms with van der Waals surface area (Å²) in [4.78, 5) is 25.3. The predicted molar refractivity (Wildman–Crippen MR) is 71.5 cm³/mol. The third-order valence-electron chi connectivity index (χ3n) is 4.11. The largest absolute Gasteiger partial charge is 0.354 e. The van der Waals surface area contributed by atoms with Gasteiger partial charge in [-0.15, -0.1) is 0 Å². The number of hydrogen-bond donors (Lipinski definition) is 1. The van der Waals surface area contributed by atoms with Gasteiger partial charge < -0.3 is 10.2 Å². The van der Waals surface area contributed by atoms with E-state index in [2.05, 4.69) is 17.4 Å². The minimum Gasteiger partial charge on any atom is -0.354 e. The molecule has 1 aromatic rings. The molecule has 2 atom stereocenters. The van der Waals surface area contributed by atoms with Crippen LogP contribution in [0.2, 0.25) is 0 Å². The van der Waals surface area contributed by atoms with Crippen LogP contribution in [-0.4, -0.2) is 35.8 Å². The van der Waals surface area contributed by atoms with Gasteiger partial charge in [0.1, 0.15) is 0 Å². The smallest absolute Gasteiger partial charge is 0.223 e. The Morgan fingerprint density at radius 1 is 1.16 bits per heavy atom. The zero-order chi connectivity index (χ0) is 13.2. The zero-order valence-corrected chi connectivity index (χ0v) is 10.8. The van der Waals surface area contributed by atoms with Crippen molar-refractivity contribution in [3.05, 3.63) is 35.9 Å². The van der Waals surface area contributed by atoms with Crippen LogP contribution in [0.25, 0.3) is 0 Å². The van der Waals surface area contributed by atoms with Crippen LogP contribution >= 0.6 is 0 Å². The highest BCUT2D eigenvalue weighted by atomic mass is 16.2. The molecule has 2 aliphatic rings. The Bertz CT molecular complexity index is 476. The molecule has 0 bridgehead atoms. The fourth-order valence-corrected chi connectivity index (χ4v) is 3.02. The fourth-order valence-electron chi connectivity index (χ4n) is 3.02. The summed E-state index contributed by atoms with van der Waals surface area (Å²) in [6.07, 6.45) is 1.91. The van der Waals surface area contributed by atoms with Crippen molar-refractivity contribution in [2.75, 3.05) is 13.1 Å². The molecule has 2 amide bonds. The molecule has 0 spiro atoms. The van der Waals surface area contributed by atoms with Crippen LogP contribution in [0.15, 0.2) is 30.3 Å². The summed E-state index contributed by atoms with van der Waals surface area (Å²) in [6.45, 7) is 1.38. The predicted octanol–water partition coefficient (Wildman–Crippen LogP) is 1.28. The van der Waals surface area contributed by atoms with Gasteiger partial charge in [0.2, 0.25) is 11.8 Å². The molecular formula is C15H18N2O2. The first-order valence-electron chi connectivity index (χ1n) is 6.85. The molecule has 2 saturated heterocycles. The van der Waals surface area contributed by atoms with E-state index in [0.29, 0.717) is 25.3 Å². The van der Waals surface area contributed by atoms with Crippen molar-refractivity contribution in [3.8, 4) is 0 Å². The standard InChI is InChI=1S/C15H18N2O2/c18-14-7-6-13(9-16-14)17-10-12(8-15(17)19)11-4-2-1-3-5-11/h1-5,12-13H,6-10H2,(H,16,18). The van der Waals surface area contributed by atoms with Gasteiger partial charge in [0.15, 0.2) is 0 Å². The average molecular weight is 258 g/mol. The molecule has 2 aliphatic heterocycles. The number of carbonyl (C=O) groups is 2. The molecule has 4 nitrogen and oxygen atoms in total. The Balaban J connectivity index is 1.69. The van der Waals surface area contributed by atoms with E-state index in [4.69, 9.17) is 0 Å². The lowest BCUT2D eigenvalue weighted by atomic mass is 9.98. The highest BCUT2D eigenvalue weighted by Crippen LogP contribution is 2.30. The Morgan fingerprint density at radius 3 is 2.63 bits per heavy atom. The van der Waals surface area contributed by atoms with Crippen molar-refractivity contribution in [2.24, 2.45) is 0 Å². The maximum Gasteiger partial charge on any atom is 0.223 e. The molecule has 19 heavy (non-hydrogen) atoms. The van der Waals surface area contributed by atoms with Crippen LogP contribution < -0.4 is 5.32 Å². The third-order valence-corrected chi connectivity index (χ3v) is 4.11. The number of nitrogens with zero attached hydrogens (tertiary/aromatic N) is 1. The van der Waals surface area contributed by atoms with Gasteiger partial charge in [-0.2, -0.15) is 0 Å². The Kier molecular flexibility index (Phi) is 3.23. The molecule has 3 rings (SSSR count). The number of rotatable bonds is 2. The van der Waals surface area contributed by atoms with Crippen molar-refractivity contribution >= 4 is 11.8 Å². The van der Waals surface area contributed by atoms with Gasteiger partial charge in [0, 0.05) is 37.9 Å². The third kappa shape index (κ3) is 2.48. The molecule has 2 fully saturated rings. The van der Waals surface area contributed by atoms with Gasteiger partial charge in [-0.05, 0) is 12.0 Å². The molecule has 1 N–H and O–H groups in total. The average Bonchev–Trinajstić information content (AvgIpc) is 2.83. The quantitative estimate of drug-likeness (QED) is 0.868. The zero-order valence-electron chi connectivity index (χ0n) is 10.8. The topological polar surface area (TPSA) is 49.4 Å². The lowest BCUT2D eigenvalue weighted by Gasteiger charge is -2.31. The highest BCUT2D eigenvalue weighted by molar-refractivity contribution is 5.81. The van der Waals surface area contributed by atoms with E-state index < -0.39 is 0 Å². The molecule has 4 heteroatoms. The van der Waals surface area contributed by atoms with Gasteiger partial charge in [-0.1, -0.05) is 30.3 Å². The van der Waals surface area contributed by atoms with Crippen molar-refractivity contribution in [1.29, 1.82) is 0 Å². The lowest BCUT2D eigenvalue weighted by Crippen LogP contribution is -2.48. The van der Waals surface area contributed by atoms with Crippen LogP contribution in [0, 0.1) is 0 Å². The second kappa shape index (κ2) is 5.03. The van der Waals surface area contributed by atoms with Crippen LogP contribution in [0.4, 0.5) is 0 Å². The number of likely N-dealkylation sites (tertiary alicyclic amines) is 1. The summed E-state index contributed by atoms with van der Waals surface area (Å²) < 4.78 is 0. The number of nitrogens with one attached hydrogen (secondary N) is 1. The molecule has 0 radical (unpaired) electrons. The Hall–Kier alpha value is -1.84. The molecule has 1 aromatic carbocycles. The van der Waals surface area contributed by atoms with Gasteiger partial charge in [0.25, 0.3) is 0 Å². The van der Waals surface area contributed by atoms with Crippen molar-refractivity contribution in [3.63, 3.8) is 0 Å². The molecule has 0 aromatic heterocycles. The Labute approximate surface area is 112 Å². The van der Waals surface area contributed by atoms with Crippen molar-refractivity contribution in [2.45, 2.75) is 31.2 Å². The Morgan fingerprint density at radius 2 is 1.95 bits per heavy atom. The van der Waals surface area contributed by atoms with E-state index in [-0.39, 0.29) is 17.9 Å². The van der Waals surface area contributed by atoms with E-state index >= 15 is 0 Å². The van der Waals surface area contributed by atoms with E-state index in [1.165, 1.54) is 5.56 Å². The molecule has 0 saturated carbocycles. The summed E-state index contributed by atoms with van der Waals surface area (Å²) in [5.41, 5.74) is 1.23. The van der Waals surface area contributed by atoms with Crippen molar-refractivity contribution < 1.29 is 9.59 Å². The van der Waals surface area contributed by atoms with Crippen LogP contribution in [0.3, 0.4) is 0 Å². The highest BCUT2D eigenvalue weighted by Gasteiger charge is 2.36. The number of hydrogen-bond acceptors (Lipinski definition) is 2. The lowest BCUT2D eigenvalue weighted by molar-refractivity contribution is -0.132. The number of piperidine rings is 1. The first kappa shape index (κ1) is 12.2. The molecule has 0 aliphatic carbocycles. The number of carbonyl (C=O) groups excluding carboxylic acids is 2. The SMILES string of the molecule is O=C1CCC(N2CC(c3ccccc3)CC2=O)CN1. The summed E-state index contributed by atoms with van der Waals surface area (Å²) in [7, 11) is 0. The van der Waals surface area contributed by atoms with Gasteiger partial charge in [-0.25, -0.2) is 0 Å². The van der Waals surface area contributed by atoms with E-state index in [9.17, 15) is 9.59 Å². The summed E-state index contributed by atoms with van der Waals surface area (Å²) in [5, 5.41) is 2.85. The van der Waals surface area contributed by atoms with E-state index in [0.717, 1.165) is 13.0 Å². The van der Waals surface area contributed by atoms with Gasteiger partial charge >= 0.3 is 0 Å². The summed E-state index contributed by atoms with van der Waals surface area (Å²) in [6, 6.07) is 10.4. The molecule has 100 valence electrons. The van der Waals surface area contributed by atoms with E-state index in [1.807, 2.05) is 23.1 Å². The van der Waals surface area contributed by atoms with E-state index in [1.54, 1.807) is 0 Å². The normalized spacial score (nSPS) is 27.5. The first-order valence-corrected chi connectivity index (χ1v) is 6.85. The first-order chi connectivity index (χ1) is 9.24. The molecule has 2 unspecified atom stereocenters. The minimum atomic E-state index is 0.0995. The van der Waals surface area contributed by atoms with Crippen LogP contribution in [-0.2, 0) is 9.59 Å². The van der Waals surface area contributed by atoms with Crippen LogP contribution in [0.1, 0.15) is 30.7 Å². The van der Waals surface area contributed by atoms with Gasteiger partial charge in [-0.3, -0.25) is 9.59 Å². The molecule has 2 heterocycles. The second-order valence-corrected chi connectivity index (χ2v) is 5.35.